The van der Waals surface area contributed by atoms with Gasteiger partial charge >= 0.3 is 51.4 Å². The zero-order valence-corrected chi connectivity index (χ0v) is 20.1. The van der Waals surface area contributed by atoms with Gasteiger partial charge in [0, 0.05) is 24.1 Å². The smallest absolute Gasteiger partial charge is 0.560 e. The summed E-state index contributed by atoms with van der Waals surface area (Å²) in [5.41, 5.74) is 3.26. The van der Waals surface area contributed by atoms with E-state index >= 15 is 0 Å². The van der Waals surface area contributed by atoms with Crippen molar-refractivity contribution in [2.24, 2.45) is 4.99 Å². The summed E-state index contributed by atoms with van der Waals surface area (Å²) in [5, 5.41) is 10.9. The third-order valence-electron chi connectivity index (χ3n) is 3.87. The number of hydrogen-bond acceptors (Lipinski definition) is 5. The van der Waals surface area contributed by atoms with Crippen LogP contribution < -0.4 is 67.4 Å². The molecule has 5 nitrogen and oxygen atoms in total. The van der Waals surface area contributed by atoms with Crippen LogP contribution in [0, 0.1) is 13.1 Å². The van der Waals surface area contributed by atoms with Gasteiger partial charge in [0.1, 0.15) is 0 Å². The molecule has 2 aromatic heterocycles. The van der Waals surface area contributed by atoms with E-state index < -0.39 is 0 Å². The molecule has 1 amide bonds. The van der Waals surface area contributed by atoms with E-state index in [0.29, 0.717) is 5.56 Å². The Morgan fingerprint density at radius 2 is 2.18 bits per heavy atom. The van der Waals surface area contributed by atoms with Gasteiger partial charge in [0.2, 0.25) is 0 Å². The van der Waals surface area contributed by atoms with Crippen molar-refractivity contribution in [2.75, 3.05) is 5.32 Å². The SMILES string of the molecule is Cc1cncc(C(=O)Nc2cccc(C(C)N[C-]=CN=c3ccs[cH-]3)c2)c1.[K+]. The quantitative estimate of drug-likeness (QED) is 0.358. The Balaban J connectivity index is 0.00000280. The average Bonchev–Trinajstić information content (AvgIpc) is 3.19. The van der Waals surface area contributed by atoms with E-state index in [1.165, 1.54) is 0 Å². The predicted octanol–water partition coefficient (Wildman–Crippen LogP) is 0.953. The molecule has 0 aliphatic rings. The second-order valence-electron chi connectivity index (χ2n) is 6.08. The van der Waals surface area contributed by atoms with Crippen molar-refractivity contribution >= 4 is 22.9 Å². The topological polar surface area (TPSA) is 66.4 Å². The Bertz CT molecular complexity index is 992. The van der Waals surface area contributed by atoms with E-state index in [0.717, 1.165) is 22.2 Å². The minimum absolute atomic E-state index is 0. The van der Waals surface area contributed by atoms with Gasteiger partial charge < -0.3 is 21.8 Å². The number of nitrogens with zero attached hydrogens (tertiary/aromatic N) is 2. The summed E-state index contributed by atoms with van der Waals surface area (Å²) in [6.45, 7) is 3.93. The monoisotopic (exact) mass is 415 g/mol. The number of amides is 1. The molecule has 3 rings (SSSR count). The molecular formula is C21H20KN4OS-. The molecule has 1 aromatic carbocycles. The molecule has 138 valence electrons. The van der Waals surface area contributed by atoms with E-state index in [1.54, 1.807) is 29.9 Å². The standard InChI is InChI=1S/C21H20N4OS.K/c1-15-10-18(13-22-12-15)21(26)25-19-5-3-4-17(11-19)16(2)23-7-8-24-20-6-9-27-14-20;/h3-6,8-14,16,23H,1-2H3,(H,25,26);/q-2;+1. The van der Waals surface area contributed by atoms with Gasteiger partial charge in [-0.3, -0.25) is 21.1 Å². The second-order valence-corrected chi connectivity index (χ2v) is 6.86. The van der Waals surface area contributed by atoms with E-state index in [2.05, 4.69) is 26.8 Å². The Hall–Kier alpha value is -1.48. The summed E-state index contributed by atoms with van der Waals surface area (Å²) in [6, 6.07) is 11.5. The van der Waals surface area contributed by atoms with Gasteiger partial charge in [-0.2, -0.15) is 11.4 Å². The Kier molecular flexibility index (Phi) is 9.37. The van der Waals surface area contributed by atoms with Crippen LogP contribution in [0.25, 0.3) is 0 Å². The third-order valence-corrected chi connectivity index (χ3v) is 4.54. The fourth-order valence-corrected chi connectivity index (χ4v) is 3.03. The summed E-state index contributed by atoms with van der Waals surface area (Å²) in [7, 11) is 0. The van der Waals surface area contributed by atoms with Gasteiger partial charge in [-0.15, -0.1) is 6.20 Å². The molecule has 0 spiro atoms. The Morgan fingerprint density at radius 3 is 2.93 bits per heavy atom. The van der Waals surface area contributed by atoms with E-state index in [-0.39, 0.29) is 63.3 Å². The summed E-state index contributed by atoms with van der Waals surface area (Å²) < 4.78 is 0. The number of carbonyl (C=O) groups excluding carboxylic acids is 1. The molecule has 2 heterocycles. The Labute approximate surface area is 211 Å². The van der Waals surface area contributed by atoms with Crippen molar-refractivity contribution in [3.63, 3.8) is 0 Å². The molecule has 0 saturated carbocycles. The largest absolute Gasteiger partial charge is 1.00 e. The molecular weight excluding hydrogens is 395 g/mol. The number of anilines is 1. The average molecular weight is 416 g/mol. The fraction of sp³-hybridized carbons (Fsp3) is 0.143. The normalized spacial score (nSPS) is 12.4. The fourth-order valence-electron chi connectivity index (χ4n) is 2.45. The molecule has 1 unspecified atom stereocenters. The number of nitrogens with one attached hydrogen (secondary N) is 2. The van der Waals surface area contributed by atoms with E-state index in [1.807, 2.05) is 61.0 Å². The number of hydrogen-bond donors (Lipinski definition) is 2. The predicted molar refractivity (Wildman–Crippen MR) is 108 cm³/mol. The first kappa shape index (κ1) is 22.8. The molecule has 2 N–H and O–H groups in total. The number of pyridine rings is 1. The molecule has 0 aliphatic heterocycles. The van der Waals surface area contributed by atoms with Crippen LogP contribution in [0.15, 0.2) is 70.7 Å². The number of aromatic nitrogens is 1. The maximum atomic E-state index is 12.4. The number of thiophene rings is 1. The molecule has 0 radical (unpaired) electrons. The molecule has 7 heteroatoms. The molecule has 0 aliphatic carbocycles. The zero-order valence-electron chi connectivity index (χ0n) is 16.1. The van der Waals surface area contributed by atoms with Crippen LogP contribution in [0.1, 0.15) is 34.5 Å². The first-order chi connectivity index (χ1) is 13.1. The zero-order chi connectivity index (χ0) is 19.1. The minimum atomic E-state index is -0.176. The van der Waals surface area contributed by atoms with Crippen molar-refractivity contribution < 1.29 is 56.2 Å². The van der Waals surface area contributed by atoms with Crippen LogP contribution in [-0.4, -0.2) is 10.9 Å². The van der Waals surface area contributed by atoms with E-state index in [9.17, 15) is 4.79 Å². The molecule has 28 heavy (non-hydrogen) atoms. The van der Waals surface area contributed by atoms with E-state index in [4.69, 9.17) is 0 Å². The number of carbonyl (C=O) groups is 1. The van der Waals surface area contributed by atoms with Crippen LogP contribution >= 0.6 is 11.3 Å². The van der Waals surface area contributed by atoms with Gasteiger partial charge in [0.15, 0.2) is 0 Å². The molecule has 0 fully saturated rings. The molecule has 0 saturated heterocycles. The first-order valence-corrected chi connectivity index (χ1v) is 9.45. The minimum Gasteiger partial charge on any atom is -0.560 e. The van der Waals surface area contributed by atoms with Gasteiger partial charge in [0.25, 0.3) is 5.91 Å². The number of rotatable bonds is 6. The van der Waals surface area contributed by atoms with Gasteiger partial charge in [-0.05, 0) is 48.5 Å². The first-order valence-electron chi connectivity index (χ1n) is 8.50. The van der Waals surface area contributed by atoms with Crippen molar-refractivity contribution in [3.8, 4) is 0 Å². The maximum absolute atomic E-state index is 12.4. The van der Waals surface area contributed by atoms with Crippen LogP contribution in [0.3, 0.4) is 0 Å². The van der Waals surface area contributed by atoms with Crippen LogP contribution in [-0.2, 0) is 0 Å². The molecule has 3 aromatic rings. The van der Waals surface area contributed by atoms with Crippen molar-refractivity contribution in [2.45, 2.75) is 19.9 Å². The maximum Gasteiger partial charge on any atom is 1.00 e. The van der Waals surface area contributed by atoms with Gasteiger partial charge in [0.05, 0.1) is 5.56 Å². The Morgan fingerprint density at radius 1 is 1.32 bits per heavy atom. The van der Waals surface area contributed by atoms with Crippen molar-refractivity contribution in [1.82, 2.24) is 10.3 Å². The van der Waals surface area contributed by atoms with Gasteiger partial charge in [-0.25, -0.2) is 0 Å². The van der Waals surface area contributed by atoms with Crippen molar-refractivity contribution in [3.05, 3.63) is 94.0 Å². The third kappa shape index (κ3) is 6.84. The summed E-state index contributed by atoms with van der Waals surface area (Å²) in [6.07, 6.45) is 7.89. The van der Waals surface area contributed by atoms with Gasteiger partial charge in [-0.1, -0.05) is 17.5 Å². The van der Waals surface area contributed by atoms with Crippen LogP contribution in [0.2, 0.25) is 0 Å². The summed E-state index contributed by atoms with van der Waals surface area (Å²) in [4.78, 5) is 20.7. The van der Waals surface area contributed by atoms with Crippen LogP contribution in [0.4, 0.5) is 5.69 Å². The molecule has 1 atom stereocenters. The number of benzene rings is 1. The summed E-state index contributed by atoms with van der Waals surface area (Å²) >= 11 is 1.61. The number of aryl methyl sites for hydroxylation is 1. The second kappa shape index (κ2) is 11.5. The molecule has 0 bridgehead atoms. The van der Waals surface area contributed by atoms with Crippen molar-refractivity contribution in [1.29, 1.82) is 0 Å². The summed E-state index contributed by atoms with van der Waals surface area (Å²) in [5.74, 6) is -0.176. The van der Waals surface area contributed by atoms with Crippen LogP contribution in [0.5, 0.6) is 0 Å².